The fraction of sp³-hybridized carbons (Fsp3) is 0.167. The maximum absolute atomic E-state index is 12.7. The van der Waals surface area contributed by atoms with Crippen LogP contribution in [0.15, 0.2) is 69.9 Å². The number of anilines is 1. The summed E-state index contributed by atoms with van der Waals surface area (Å²) >= 11 is 0. The molecule has 1 heterocycles. The molecule has 0 saturated heterocycles. The first-order valence-electron chi connectivity index (χ1n) is 9.48. The van der Waals surface area contributed by atoms with Gasteiger partial charge in [-0.1, -0.05) is 35.9 Å². The van der Waals surface area contributed by atoms with Crippen LogP contribution in [0.25, 0.3) is 11.1 Å². The number of rotatable bonds is 4. The third-order valence-electron chi connectivity index (χ3n) is 5.16. The molecule has 1 N–H and O–H groups in total. The summed E-state index contributed by atoms with van der Waals surface area (Å²) in [6.45, 7) is 6.44. The van der Waals surface area contributed by atoms with Gasteiger partial charge < -0.3 is 9.73 Å². The van der Waals surface area contributed by atoms with E-state index in [1.807, 2.05) is 63.2 Å². The lowest BCUT2D eigenvalue weighted by Crippen LogP contribution is -2.15. The van der Waals surface area contributed by atoms with Crippen molar-refractivity contribution >= 4 is 22.7 Å². The molecule has 0 bridgehead atoms. The molecule has 0 unspecified atom stereocenters. The molecule has 0 radical (unpaired) electrons. The number of benzene rings is 3. The van der Waals surface area contributed by atoms with Gasteiger partial charge in [0.2, 0.25) is 0 Å². The third kappa shape index (κ3) is 3.85. The Morgan fingerprint density at radius 2 is 1.69 bits per heavy atom. The Balaban J connectivity index is 1.65. The van der Waals surface area contributed by atoms with Gasteiger partial charge in [-0.15, -0.1) is 0 Å². The van der Waals surface area contributed by atoms with E-state index in [0.29, 0.717) is 23.2 Å². The highest BCUT2D eigenvalue weighted by molar-refractivity contribution is 6.05. The highest BCUT2D eigenvalue weighted by Crippen LogP contribution is 2.19. The van der Waals surface area contributed by atoms with Crippen molar-refractivity contribution in [3.05, 3.63) is 99.0 Å². The topological polar surface area (TPSA) is 64.2 Å². The first-order chi connectivity index (χ1) is 13.9. The second-order valence-corrected chi connectivity index (χ2v) is 7.38. The van der Waals surface area contributed by atoms with Crippen molar-refractivity contribution in [1.82, 2.24) is 4.57 Å². The Labute approximate surface area is 168 Å². The van der Waals surface area contributed by atoms with Crippen LogP contribution in [0.4, 0.5) is 5.69 Å². The number of carbonyl (C=O) groups excluding carboxylic acids is 1. The summed E-state index contributed by atoms with van der Waals surface area (Å²) in [6.07, 6.45) is 0. The van der Waals surface area contributed by atoms with E-state index in [0.717, 1.165) is 22.4 Å². The minimum atomic E-state index is -0.438. The lowest BCUT2D eigenvalue weighted by Gasteiger charge is -2.08. The molecule has 0 aliphatic carbocycles. The molecule has 5 heteroatoms. The third-order valence-corrected chi connectivity index (χ3v) is 5.16. The van der Waals surface area contributed by atoms with E-state index in [1.54, 1.807) is 22.8 Å². The second-order valence-electron chi connectivity index (χ2n) is 7.38. The number of hydrogen-bond acceptors (Lipinski definition) is 3. The van der Waals surface area contributed by atoms with Crippen LogP contribution in [0.2, 0.25) is 0 Å². The molecule has 0 spiro atoms. The number of hydrogen-bond donors (Lipinski definition) is 1. The van der Waals surface area contributed by atoms with Crippen LogP contribution in [0.5, 0.6) is 0 Å². The zero-order chi connectivity index (χ0) is 20.5. The highest BCUT2D eigenvalue weighted by atomic mass is 16.4. The Hall–Kier alpha value is -3.60. The Morgan fingerprint density at radius 3 is 2.41 bits per heavy atom. The van der Waals surface area contributed by atoms with Gasteiger partial charge in [0.05, 0.1) is 12.1 Å². The van der Waals surface area contributed by atoms with Crippen molar-refractivity contribution in [2.24, 2.45) is 0 Å². The summed E-state index contributed by atoms with van der Waals surface area (Å²) in [4.78, 5) is 25.1. The van der Waals surface area contributed by atoms with Crippen molar-refractivity contribution < 1.29 is 9.21 Å². The number of amides is 1. The van der Waals surface area contributed by atoms with Gasteiger partial charge >= 0.3 is 5.76 Å². The molecule has 5 nitrogen and oxygen atoms in total. The van der Waals surface area contributed by atoms with Gasteiger partial charge in [-0.2, -0.15) is 0 Å². The molecule has 4 aromatic rings. The maximum Gasteiger partial charge on any atom is 0.420 e. The van der Waals surface area contributed by atoms with Gasteiger partial charge in [-0.05, 0) is 67.8 Å². The smallest absolute Gasteiger partial charge is 0.408 e. The molecule has 0 atom stereocenters. The van der Waals surface area contributed by atoms with Gasteiger partial charge in [0.25, 0.3) is 5.91 Å². The molecular formula is C24H22N2O3. The molecule has 0 aliphatic heterocycles. The standard InChI is InChI=1S/C24H22N2O3/c1-15-4-7-18(8-5-15)14-26-21-13-19(9-11-22(21)29-24(26)28)23(27)25-20-10-6-16(2)17(3)12-20/h4-13H,14H2,1-3H3,(H,25,27). The predicted octanol–water partition coefficient (Wildman–Crippen LogP) is 4.82. The summed E-state index contributed by atoms with van der Waals surface area (Å²) in [5, 5.41) is 2.92. The minimum absolute atomic E-state index is 0.231. The van der Waals surface area contributed by atoms with E-state index in [9.17, 15) is 9.59 Å². The number of nitrogens with one attached hydrogen (secondary N) is 1. The van der Waals surface area contributed by atoms with E-state index >= 15 is 0 Å². The largest absolute Gasteiger partial charge is 0.420 e. The van der Waals surface area contributed by atoms with Crippen LogP contribution in [-0.2, 0) is 6.54 Å². The Morgan fingerprint density at radius 1 is 0.931 bits per heavy atom. The fourth-order valence-corrected chi connectivity index (χ4v) is 3.25. The van der Waals surface area contributed by atoms with Crippen LogP contribution >= 0.6 is 0 Å². The summed E-state index contributed by atoms with van der Waals surface area (Å²) in [5.74, 6) is -0.669. The molecule has 0 saturated carbocycles. The lowest BCUT2D eigenvalue weighted by molar-refractivity contribution is 0.102. The fourth-order valence-electron chi connectivity index (χ4n) is 3.25. The SMILES string of the molecule is Cc1ccc(Cn2c(=O)oc3ccc(C(=O)Nc4ccc(C)c(C)c4)cc32)cc1. The van der Waals surface area contributed by atoms with E-state index in [4.69, 9.17) is 4.42 Å². The minimum Gasteiger partial charge on any atom is -0.408 e. The van der Waals surface area contributed by atoms with Crippen LogP contribution in [0.1, 0.15) is 32.6 Å². The van der Waals surface area contributed by atoms with Crippen molar-refractivity contribution in [2.45, 2.75) is 27.3 Å². The van der Waals surface area contributed by atoms with E-state index in [1.165, 1.54) is 5.56 Å². The number of aromatic nitrogens is 1. The van der Waals surface area contributed by atoms with Crippen molar-refractivity contribution in [2.75, 3.05) is 5.32 Å². The summed E-state index contributed by atoms with van der Waals surface area (Å²) in [6, 6.07) is 18.8. The quantitative estimate of drug-likeness (QED) is 0.547. The normalized spacial score (nSPS) is 11.0. The molecule has 3 aromatic carbocycles. The summed E-state index contributed by atoms with van der Waals surface area (Å²) in [7, 11) is 0. The van der Waals surface area contributed by atoms with Gasteiger partial charge in [-0.25, -0.2) is 4.79 Å². The number of carbonyl (C=O) groups is 1. The molecular weight excluding hydrogens is 364 g/mol. The molecule has 146 valence electrons. The Bertz CT molecular complexity index is 1260. The molecule has 0 aliphatic rings. The van der Waals surface area contributed by atoms with Gasteiger partial charge in [-0.3, -0.25) is 9.36 Å². The monoisotopic (exact) mass is 386 g/mol. The van der Waals surface area contributed by atoms with Gasteiger partial charge in [0, 0.05) is 11.3 Å². The molecule has 4 rings (SSSR count). The van der Waals surface area contributed by atoms with Crippen LogP contribution in [0.3, 0.4) is 0 Å². The van der Waals surface area contributed by atoms with E-state index in [-0.39, 0.29) is 5.91 Å². The average molecular weight is 386 g/mol. The number of aryl methyl sites for hydroxylation is 3. The first-order valence-corrected chi connectivity index (χ1v) is 9.48. The van der Waals surface area contributed by atoms with Crippen molar-refractivity contribution in [1.29, 1.82) is 0 Å². The maximum atomic E-state index is 12.7. The highest BCUT2D eigenvalue weighted by Gasteiger charge is 2.14. The summed E-state index contributed by atoms with van der Waals surface area (Å²) in [5.41, 5.74) is 6.70. The summed E-state index contributed by atoms with van der Waals surface area (Å²) < 4.78 is 6.90. The van der Waals surface area contributed by atoms with Gasteiger partial charge in [0.1, 0.15) is 0 Å². The van der Waals surface area contributed by atoms with Crippen LogP contribution in [-0.4, -0.2) is 10.5 Å². The van der Waals surface area contributed by atoms with Crippen LogP contribution in [0, 0.1) is 20.8 Å². The van der Waals surface area contributed by atoms with E-state index in [2.05, 4.69) is 5.32 Å². The molecule has 29 heavy (non-hydrogen) atoms. The zero-order valence-electron chi connectivity index (χ0n) is 16.7. The average Bonchev–Trinajstić information content (AvgIpc) is 3.01. The molecule has 1 aromatic heterocycles. The Kier molecular flexibility index (Phi) is 4.80. The van der Waals surface area contributed by atoms with Crippen molar-refractivity contribution in [3.63, 3.8) is 0 Å². The molecule has 0 fully saturated rings. The first kappa shape index (κ1) is 18.7. The second kappa shape index (κ2) is 7.43. The zero-order valence-corrected chi connectivity index (χ0v) is 16.7. The van der Waals surface area contributed by atoms with Crippen molar-refractivity contribution in [3.8, 4) is 0 Å². The van der Waals surface area contributed by atoms with E-state index < -0.39 is 5.76 Å². The lowest BCUT2D eigenvalue weighted by atomic mass is 10.1. The van der Waals surface area contributed by atoms with Crippen LogP contribution < -0.4 is 11.1 Å². The predicted molar refractivity (Wildman–Crippen MR) is 115 cm³/mol. The van der Waals surface area contributed by atoms with Gasteiger partial charge in [0.15, 0.2) is 5.58 Å². The number of nitrogens with zero attached hydrogens (tertiary/aromatic N) is 1. The number of oxazole rings is 1. The molecule has 1 amide bonds. The number of fused-ring (bicyclic) bond motifs is 1.